The lowest BCUT2D eigenvalue weighted by atomic mass is 10.4. The third-order valence-electron chi connectivity index (χ3n) is 3.13. The summed E-state index contributed by atoms with van der Waals surface area (Å²) >= 11 is 0. The Bertz CT molecular complexity index is 358. The minimum Gasteiger partial charge on any atom is -0.378 e. The van der Waals surface area contributed by atoms with Gasteiger partial charge in [-0.3, -0.25) is 0 Å². The molecule has 1 aromatic heterocycles. The zero-order valence-corrected chi connectivity index (χ0v) is 10.3. The maximum absolute atomic E-state index is 5.33. The summed E-state index contributed by atoms with van der Waals surface area (Å²) < 4.78 is 10.7. The zero-order chi connectivity index (χ0) is 12.2. The van der Waals surface area contributed by atoms with Crippen molar-refractivity contribution in [2.24, 2.45) is 0 Å². The molecule has 3 rings (SSSR count). The van der Waals surface area contributed by atoms with Crippen molar-refractivity contribution in [3.8, 4) is 0 Å². The molecule has 2 aliphatic heterocycles. The summed E-state index contributed by atoms with van der Waals surface area (Å²) in [6.45, 7) is 6.30. The largest absolute Gasteiger partial charge is 0.378 e. The van der Waals surface area contributed by atoms with Crippen molar-refractivity contribution in [1.82, 2.24) is 15.0 Å². The maximum Gasteiger partial charge on any atom is 0.230 e. The van der Waals surface area contributed by atoms with Gasteiger partial charge in [0, 0.05) is 26.2 Å². The van der Waals surface area contributed by atoms with E-state index >= 15 is 0 Å². The Morgan fingerprint density at radius 2 is 1.22 bits per heavy atom. The Morgan fingerprint density at radius 1 is 0.778 bits per heavy atom. The van der Waals surface area contributed by atoms with E-state index < -0.39 is 0 Å². The van der Waals surface area contributed by atoms with Crippen LogP contribution in [0.2, 0.25) is 0 Å². The molecule has 2 fully saturated rings. The molecular formula is C11H17N5O2. The standard InChI is InChI=1S/C11H17N5O2/c1-5-17-6-2-15(1)10-12-9-13-11(14-10)16-3-7-18-8-4-16/h9H,1-8H2. The molecule has 0 saturated carbocycles. The molecule has 0 aliphatic carbocycles. The van der Waals surface area contributed by atoms with Gasteiger partial charge in [-0.15, -0.1) is 0 Å². The van der Waals surface area contributed by atoms with E-state index in [9.17, 15) is 0 Å². The summed E-state index contributed by atoms with van der Waals surface area (Å²) in [5.74, 6) is 1.49. The van der Waals surface area contributed by atoms with E-state index in [2.05, 4.69) is 24.8 Å². The van der Waals surface area contributed by atoms with Gasteiger partial charge in [0.05, 0.1) is 26.4 Å². The van der Waals surface area contributed by atoms with Gasteiger partial charge in [-0.1, -0.05) is 0 Å². The monoisotopic (exact) mass is 251 g/mol. The molecule has 0 unspecified atom stereocenters. The quantitative estimate of drug-likeness (QED) is 0.705. The van der Waals surface area contributed by atoms with Crippen molar-refractivity contribution in [3.05, 3.63) is 6.33 Å². The van der Waals surface area contributed by atoms with Crippen LogP contribution in [0.3, 0.4) is 0 Å². The lowest BCUT2D eigenvalue weighted by molar-refractivity contribution is 0.121. The topological polar surface area (TPSA) is 63.6 Å². The third kappa shape index (κ3) is 2.51. The predicted octanol–water partition coefficient (Wildman–Crippen LogP) is -0.455. The van der Waals surface area contributed by atoms with Gasteiger partial charge < -0.3 is 19.3 Å². The summed E-state index contributed by atoms with van der Waals surface area (Å²) in [4.78, 5) is 17.3. The number of rotatable bonds is 2. The molecule has 7 nitrogen and oxygen atoms in total. The van der Waals surface area contributed by atoms with Crippen LogP contribution in [0.5, 0.6) is 0 Å². The molecule has 3 heterocycles. The van der Waals surface area contributed by atoms with E-state index in [0.717, 1.165) is 64.5 Å². The van der Waals surface area contributed by atoms with Crippen LogP contribution in [-0.2, 0) is 9.47 Å². The molecule has 1 aromatic rings. The van der Waals surface area contributed by atoms with E-state index in [-0.39, 0.29) is 0 Å². The van der Waals surface area contributed by atoms with Crippen molar-refractivity contribution in [1.29, 1.82) is 0 Å². The SMILES string of the molecule is c1nc(N2CCOCC2)nc(N2CCOCC2)n1. The molecule has 0 radical (unpaired) electrons. The van der Waals surface area contributed by atoms with Crippen LogP contribution < -0.4 is 9.80 Å². The Kier molecular flexibility index (Phi) is 3.51. The summed E-state index contributed by atoms with van der Waals surface area (Å²) in [6.07, 6.45) is 1.59. The first-order chi connectivity index (χ1) is 8.93. The smallest absolute Gasteiger partial charge is 0.230 e. The van der Waals surface area contributed by atoms with E-state index in [1.807, 2.05) is 0 Å². The van der Waals surface area contributed by atoms with E-state index in [0.29, 0.717) is 0 Å². The first-order valence-electron chi connectivity index (χ1n) is 6.28. The molecule has 2 aliphatic rings. The Labute approximate surface area is 106 Å². The maximum atomic E-state index is 5.33. The molecule has 18 heavy (non-hydrogen) atoms. The molecule has 0 spiro atoms. The molecule has 0 aromatic carbocycles. The minimum atomic E-state index is 0.735. The second-order valence-corrected chi connectivity index (χ2v) is 4.28. The summed E-state index contributed by atoms with van der Waals surface area (Å²) in [6, 6.07) is 0. The van der Waals surface area contributed by atoms with Crippen LogP contribution in [0.4, 0.5) is 11.9 Å². The lowest BCUT2D eigenvalue weighted by Gasteiger charge is -2.29. The van der Waals surface area contributed by atoms with Gasteiger partial charge in [0.25, 0.3) is 0 Å². The van der Waals surface area contributed by atoms with Gasteiger partial charge in [-0.25, -0.2) is 9.97 Å². The van der Waals surface area contributed by atoms with E-state index in [1.54, 1.807) is 6.33 Å². The van der Waals surface area contributed by atoms with Gasteiger partial charge in [0.2, 0.25) is 11.9 Å². The van der Waals surface area contributed by atoms with Crippen LogP contribution in [0.1, 0.15) is 0 Å². The van der Waals surface area contributed by atoms with Crippen LogP contribution in [-0.4, -0.2) is 67.6 Å². The number of aromatic nitrogens is 3. The molecule has 0 amide bonds. The van der Waals surface area contributed by atoms with Gasteiger partial charge in [0.15, 0.2) is 0 Å². The molecule has 98 valence electrons. The molecule has 0 atom stereocenters. The normalized spacial score (nSPS) is 21.1. The second kappa shape index (κ2) is 5.45. The highest BCUT2D eigenvalue weighted by atomic mass is 16.5. The van der Waals surface area contributed by atoms with Gasteiger partial charge in [-0.2, -0.15) is 4.98 Å². The average molecular weight is 251 g/mol. The number of anilines is 2. The molecule has 7 heteroatoms. The molecule has 2 saturated heterocycles. The van der Waals surface area contributed by atoms with Crippen LogP contribution >= 0.6 is 0 Å². The summed E-state index contributed by atoms with van der Waals surface area (Å²) in [7, 11) is 0. The van der Waals surface area contributed by atoms with Crippen molar-refractivity contribution in [3.63, 3.8) is 0 Å². The zero-order valence-electron chi connectivity index (χ0n) is 10.3. The number of ether oxygens (including phenoxy) is 2. The Morgan fingerprint density at radius 3 is 1.67 bits per heavy atom. The second-order valence-electron chi connectivity index (χ2n) is 4.28. The summed E-state index contributed by atoms with van der Waals surface area (Å²) in [5, 5.41) is 0. The van der Waals surface area contributed by atoms with Crippen LogP contribution in [0.15, 0.2) is 6.33 Å². The van der Waals surface area contributed by atoms with Crippen molar-refractivity contribution < 1.29 is 9.47 Å². The highest BCUT2D eigenvalue weighted by molar-refractivity contribution is 5.38. The number of hydrogen-bond donors (Lipinski definition) is 0. The summed E-state index contributed by atoms with van der Waals surface area (Å²) in [5.41, 5.74) is 0. The Balaban J connectivity index is 1.75. The molecular weight excluding hydrogens is 234 g/mol. The van der Waals surface area contributed by atoms with Gasteiger partial charge in [-0.05, 0) is 0 Å². The van der Waals surface area contributed by atoms with Crippen molar-refractivity contribution in [2.45, 2.75) is 0 Å². The first kappa shape index (κ1) is 11.6. The lowest BCUT2D eigenvalue weighted by Crippen LogP contribution is -2.39. The van der Waals surface area contributed by atoms with Gasteiger partial charge in [0.1, 0.15) is 6.33 Å². The first-order valence-corrected chi connectivity index (χ1v) is 6.28. The molecule has 0 N–H and O–H groups in total. The van der Waals surface area contributed by atoms with Crippen molar-refractivity contribution in [2.75, 3.05) is 62.4 Å². The number of nitrogens with zero attached hydrogens (tertiary/aromatic N) is 5. The van der Waals surface area contributed by atoms with Crippen LogP contribution in [0, 0.1) is 0 Å². The number of morpholine rings is 2. The van der Waals surface area contributed by atoms with Crippen molar-refractivity contribution >= 4 is 11.9 Å². The minimum absolute atomic E-state index is 0.735. The molecule has 0 bridgehead atoms. The highest BCUT2D eigenvalue weighted by Crippen LogP contribution is 2.14. The number of hydrogen-bond acceptors (Lipinski definition) is 7. The fourth-order valence-corrected chi connectivity index (χ4v) is 2.11. The van der Waals surface area contributed by atoms with E-state index in [1.165, 1.54) is 0 Å². The predicted molar refractivity (Wildman–Crippen MR) is 65.9 cm³/mol. The Hall–Kier alpha value is -1.47. The third-order valence-corrected chi connectivity index (χ3v) is 3.13. The van der Waals surface area contributed by atoms with Gasteiger partial charge >= 0.3 is 0 Å². The fourth-order valence-electron chi connectivity index (χ4n) is 2.11. The van der Waals surface area contributed by atoms with Crippen LogP contribution in [0.25, 0.3) is 0 Å². The van der Waals surface area contributed by atoms with E-state index in [4.69, 9.17) is 9.47 Å². The average Bonchev–Trinajstić information content (AvgIpc) is 2.49. The fraction of sp³-hybridized carbons (Fsp3) is 0.727. The highest BCUT2D eigenvalue weighted by Gasteiger charge is 2.18.